The van der Waals surface area contributed by atoms with E-state index in [1.165, 1.54) is 0 Å². The quantitative estimate of drug-likeness (QED) is 0.638. The van der Waals surface area contributed by atoms with Crippen molar-refractivity contribution < 1.29 is 9.47 Å². The molecule has 0 saturated carbocycles. The Hall–Kier alpha value is -3.25. The molecule has 3 nitrogen and oxygen atoms in total. The van der Waals surface area contributed by atoms with Gasteiger partial charge < -0.3 is 9.47 Å². The fraction of sp³-hybridized carbons (Fsp3) is 0.136. The fourth-order valence-electron chi connectivity index (χ4n) is 2.67. The lowest BCUT2D eigenvalue weighted by atomic mass is 10.0. The Morgan fingerprint density at radius 2 is 1.60 bits per heavy atom. The minimum Gasteiger partial charge on any atom is -0.496 e. The molecule has 3 rings (SSSR count). The topological polar surface area (TPSA) is 42.2 Å². The van der Waals surface area contributed by atoms with Gasteiger partial charge in [0, 0.05) is 5.56 Å². The second-order valence-electron chi connectivity index (χ2n) is 5.66. The van der Waals surface area contributed by atoms with Crippen LogP contribution in [-0.2, 0) is 13.0 Å². The third-order valence-electron chi connectivity index (χ3n) is 3.99. The molecule has 0 fully saturated rings. The van der Waals surface area contributed by atoms with Crippen LogP contribution >= 0.6 is 0 Å². The van der Waals surface area contributed by atoms with Crippen molar-refractivity contribution in [3.8, 4) is 28.7 Å². The van der Waals surface area contributed by atoms with Gasteiger partial charge >= 0.3 is 0 Å². The van der Waals surface area contributed by atoms with Crippen molar-refractivity contribution in [2.75, 3.05) is 7.11 Å². The first-order chi connectivity index (χ1) is 12.3. The number of nitriles is 1. The monoisotopic (exact) mass is 329 g/mol. The van der Waals surface area contributed by atoms with Gasteiger partial charge in [-0.3, -0.25) is 0 Å². The highest BCUT2D eigenvalue weighted by Gasteiger charge is 2.06. The molecule has 0 atom stereocenters. The van der Waals surface area contributed by atoms with E-state index < -0.39 is 0 Å². The van der Waals surface area contributed by atoms with E-state index in [2.05, 4.69) is 6.07 Å². The summed E-state index contributed by atoms with van der Waals surface area (Å²) in [6, 6.07) is 26.2. The maximum absolute atomic E-state index is 8.97. The zero-order chi connectivity index (χ0) is 17.5. The van der Waals surface area contributed by atoms with Gasteiger partial charge in [-0.05, 0) is 41.0 Å². The van der Waals surface area contributed by atoms with Crippen LogP contribution in [0.15, 0.2) is 72.8 Å². The number of nitrogens with zero attached hydrogens (tertiary/aromatic N) is 1. The van der Waals surface area contributed by atoms with Gasteiger partial charge in [-0.25, -0.2) is 0 Å². The first-order valence-corrected chi connectivity index (χ1v) is 8.11. The van der Waals surface area contributed by atoms with Crippen molar-refractivity contribution in [3.05, 3.63) is 83.9 Å². The second kappa shape index (κ2) is 8.03. The molecule has 3 aromatic rings. The van der Waals surface area contributed by atoms with E-state index in [1.807, 2.05) is 72.8 Å². The van der Waals surface area contributed by atoms with Crippen molar-refractivity contribution in [2.24, 2.45) is 0 Å². The van der Waals surface area contributed by atoms with E-state index >= 15 is 0 Å². The van der Waals surface area contributed by atoms with Gasteiger partial charge in [-0.1, -0.05) is 48.5 Å². The van der Waals surface area contributed by atoms with E-state index in [-0.39, 0.29) is 0 Å². The minimum atomic E-state index is 0.329. The lowest BCUT2D eigenvalue weighted by Gasteiger charge is -2.10. The molecule has 0 aliphatic rings. The largest absolute Gasteiger partial charge is 0.496 e. The highest BCUT2D eigenvalue weighted by molar-refractivity contribution is 5.66. The molecule has 3 aromatic carbocycles. The van der Waals surface area contributed by atoms with E-state index in [0.717, 1.165) is 33.8 Å². The summed E-state index contributed by atoms with van der Waals surface area (Å²) in [7, 11) is 1.62. The predicted octanol–water partition coefficient (Wildman–Crippen LogP) is 5.01. The minimum absolute atomic E-state index is 0.329. The number of methoxy groups -OCH3 is 1. The van der Waals surface area contributed by atoms with E-state index in [4.69, 9.17) is 14.7 Å². The van der Waals surface area contributed by atoms with Crippen molar-refractivity contribution in [3.63, 3.8) is 0 Å². The van der Waals surface area contributed by atoms with Gasteiger partial charge in [0.25, 0.3) is 0 Å². The summed E-state index contributed by atoms with van der Waals surface area (Å²) >= 11 is 0. The first-order valence-electron chi connectivity index (χ1n) is 8.11. The van der Waals surface area contributed by atoms with Crippen LogP contribution in [0.1, 0.15) is 11.1 Å². The average Bonchev–Trinajstić information content (AvgIpc) is 2.68. The molecular weight excluding hydrogens is 310 g/mol. The third-order valence-corrected chi connectivity index (χ3v) is 3.99. The molecule has 0 saturated heterocycles. The van der Waals surface area contributed by atoms with Crippen molar-refractivity contribution >= 4 is 0 Å². The highest BCUT2D eigenvalue weighted by atomic mass is 16.5. The van der Waals surface area contributed by atoms with Gasteiger partial charge in [0.15, 0.2) is 0 Å². The van der Waals surface area contributed by atoms with Crippen LogP contribution in [0.25, 0.3) is 11.1 Å². The average molecular weight is 329 g/mol. The molecule has 0 heterocycles. The van der Waals surface area contributed by atoms with Gasteiger partial charge in [-0.15, -0.1) is 0 Å². The fourth-order valence-corrected chi connectivity index (χ4v) is 2.67. The Morgan fingerprint density at radius 3 is 2.28 bits per heavy atom. The molecular formula is C22H19NO2. The van der Waals surface area contributed by atoms with Crippen molar-refractivity contribution in [2.45, 2.75) is 13.0 Å². The number of rotatable bonds is 6. The maximum atomic E-state index is 8.97. The van der Waals surface area contributed by atoms with Crippen LogP contribution in [0.2, 0.25) is 0 Å². The van der Waals surface area contributed by atoms with Crippen LogP contribution in [0.5, 0.6) is 11.5 Å². The molecule has 0 N–H and O–H groups in total. The lowest BCUT2D eigenvalue weighted by Crippen LogP contribution is -1.95. The van der Waals surface area contributed by atoms with Crippen molar-refractivity contribution in [1.29, 1.82) is 5.26 Å². The van der Waals surface area contributed by atoms with Gasteiger partial charge in [-0.2, -0.15) is 5.26 Å². The summed E-state index contributed by atoms with van der Waals surface area (Å²) in [5.74, 6) is 1.58. The second-order valence-corrected chi connectivity index (χ2v) is 5.66. The summed E-state index contributed by atoms with van der Waals surface area (Å²) in [6.07, 6.45) is 0.329. The Morgan fingerprint density at radius 1 is 0.880 bits per heavy atom. The molecule has 0 aliphatic heterocycles. The van der Waals surface area contributed by atoms with Crippen LogP contribution in [-0.4, -0.2) is 7.11 Å². The molecule has 25 heavy (non-hydrogen) atoms. The smallest absolute Gasteiger partial charge is 0.123 e. The normalized spacial score (nSPS) is 10.1. The van der Waals surface area contributed by atoms with Gasteiger partial charge in [0.05, 0.1) is 19.6 Å². The number of hydrogen-bond acceptors (Lipinski definition) is 3. The summed E-state index contributed by atoms with van der Waals surface area (Å²) in [4.78, 5) is 0. The van der Waals surface area contributed by atoms with E-state index in [1.54, 1.807) is 7.11 Å². The molecule has 124 valence electrons. The number of ether oxygens (including phenoxy) is 2. The first kappa shape index (κ1) is 16.6. The SMILES string of the molecule is COc1ccc(-c2ccc(OCc3ccccc3)cc2)cc1CC#N. The standard InChI is InChI=1S/C22H19NO2/c1-24-22-12-9-19(15-20(22)13-14-23)18-7-10-21(11-8-18)25-16-17-5-3-2-4-6-17/h2-12,15H,13,16H2,1H3. The van der Waals surface area contributed by atoms with Crippen LogP contribution in [0.4, 0.5) is 0 Å². The summed E-state index contributed by atoms with van der Waals surface area (Å²) < 4.78 is 11.1. The molecule has 0 aromatic heterocycles. The van der Waals surface area contributed by atoms with Crippen LogP contribution in [0.3, 0.4) is 0 Å². The van der Waals surface area contributed by atoms with Gasteiger partial charge in [0.2, 0.25) is 0 Å². The molecule has 3 heteroatoms. The molecule has 0 radical (unpaired) electrons. The Bertz CT molecular complexity index is 865. The third kappa shape index (κ3) is 4.19. The zero-order valence-corrected chi connectivity index (χ0v) is 14.1. The number of benzene rings is 3. The Kier molecular flexibility index (Phi) is 5.33. The molecule has 0 aliphatic carbocycles. The van der Waals surface area contributed by atoms with E-state index in [9.17, 15) is 0 Å². The highest BCUT2D eigenvalue weighted by Crippen LogP contribution is 2.28. The summed E-state index contributed by atoms with van der Waals surface area (Å²) in [6.45, 7) is 0.551. The van der Waals surface area contributed by atoms with Crippen LogP contribution in [0, 0.1) is 11.3 Å². The van der Waals surface area contributed by atoms with Crippen LogP contribution < -0.4 is 9.47 Å². The molecule has 0 bridgehead atoms. The predicted molar refractivity (Wildman–Crippen MR) is 98.5 cm³/mol. The van der Waals surface area contributed by atoms with Crippen molar-refractivity contribution in [1.82, 2.24) is 0 Å². The van der Waals surface area contributed by atoms with Gasteiger partial charge in [0.1, 0.15) is 18.1 Å². The summed E-state index contributed by atoms with van der Waals surface area (Å²) in [5.41, 5.74) is 4.17. The Balaban J connectivity index is 1.74. The zero-order valence-electron chi connectivity index (χ0n) is 14.1. The summed E-state index contributed by atoms with van der Waals surface area (Å²) in [5, 5.41) is 8.97. The molecule has 0 spiro atoms. The Labute approximate surface area is 148 Å². The molecule has 0 amide bonds. The number of hydrogen-bond donors (Lipinski definition) is 0. The molecule has 0 unspecified atom stereocenters. The maximum Gasteiger partial charge on any atom is 0.123 e. The van der Waals surface area contributed by atoms with E-state index in [0.29, 0.717) is 13.0 Å². The lowest BCUT2D eigenvalue weighted by molar-refractivity contribution is 0.306.